The molecule has 1 heterocycles. The lowest BCUT2D eigenvalue weighted by Crippen LogP contribution is -2.31. The number of hydrogen-bond acceptors (Lipinski definition) is 3. The maximum atomic E-state index is 5.87. The van der Waals surface area contributed by atoms with Gasteiger partial charge in [-0.3, -0.25) is 4.68 Å². The van der Waals surface area contributed by atoms with Crippen LogP contribution in [0.5, 0.6) is 0 Å². The topological polar surface area (TPSA) is 51.1 Å². The van der Waals surface area contributed by atoms with Gasteiger partial charge in [0.25, 0.3) is 0 Å². The monoisotopic (exact) mass is 324 g/mol. The summed E-state index contributed by atoms with van der Waals surface area (Å²) in [7, 11) is 1.65. The zero-order valence-corrected chi connectivity index (χ0v) is 13.2. The predicted octanol–water partition coefficient (Wildman–Crippen LogP) is 2.52. The van der Waals surface area contributed by atoms with Gasteiger partial charge in [0.2, 0.25) is 0 Å². The van der Waals surface area contributed by atoms with Crippen LogP contribution in [-0.2, 0) is 11.3 Å². The number of rotatable bonds is 6. The third-order valence-electron chi connectivity index (χ3n) is 2.73. The van der Waals surface area contributed by atoms with Crippen molar-refractivity contribution in [1.82, 2.24) is 15.1 Å². The Morgan fingerprint density at radius 2 is 2.10 bits per heavy atom. The molecule has 0 unspecified atom stereocenters. The van der Waals surface area contributed by atoms with Gasteiger partial charge < -0.3 is 15.4 Å². The van der Waals surface area contributed by atoms with Crippen molar-refractivity contribution in [2.24, 2.45) is 0 Å². The zero-order valence-electron chi connectivity index (χ0n) is 11.7. The van der Waals surface area contributed by atoms with Crippen molar-refractivity contribution >= 4 is 34.7 Å². The number of ether oxygens (including phenoxy) is 1. The Bertz CT molecular complexity index is 585. The lowest BCUT2D eigenvalue weighted by Gasteiger charge is -2.07. The fraction of sp³-hybridized carbons (Fsp3) is 0.286. The highest BCUT2D eigenvalue weighted by Gasteiger charge is 2.02. The fourth-order valence-corrected chi connectivity index (χ4v) is 2.05. The molecule has 0 aliphatic heterocycles. The first kappa shape index (κ1) is 15.8. The van der Waals surface area contributed by atoms with E-state index in [0.717, 1.165) is 10.6 Å². The molecule has 0 spiro atoms. The van der Waals surface area contributed by atoms with Crippen LogP contribution in [0.4, 0.5) is 5.82 Å². The Hall–Kier alpha value is -1.63. The molecule has 21 heavy (non-hydrogen) atoms. The van der Waals surface area contributed by atoms with E-state index < -0.39 is 0 Å². The van der Waals surface area contributed by atoms with Gasteiger partial charge in [0, 0.05) is 30.9 Å². The molecule has 0 radical (unpaired) electrons. The van der Waals surface area contributed by atoms with E-state index in [0.29, 0.717) is 30.6 Å². The summed E-state index contributed by atoms with van der Waals surface area (Å²) in [6.45, 7) is 1.95. The van der Waals surface area contributed by atoms with E-state index in [1.54, 1.807) is 7.11 Å². The Labute approximate surface area is 134 Å². The largest absolute Gasteiger partial charge is 0.383 e. The van der Waals surface area contributed by atoms with E-state index >= 15 is 0 Å². The lowest BCUT2D eigenvalue weighted by molar-refractivity contribution is 0.204. The smallest absolute Gasteiger partial charge is 0.172 e. The molecule has 0 fully saturated rings. The van der Waals surface area contributed by atoms with E-state index in [1.807, 2.05) is 41.2 Å². The Kier molecular flexibility index (Phi) is 5.98. The molecule has 0 aliphatic rings. The number of thiocarbonyl (C=S) groups is 1. The summed E-state index contributed by atoms with van der Waals surface area (Å²) in [5.74, 6) is 0.707. The number of anilines is 1. The van der Waals surface area contributed by atoms with Gasteiger partial charge in [0.05, 0.1) is 13.2 Å². The number of methoxy groups -OCH3 is 1. The van der Waals surface area contributed by atoms with Gasteiger partial charge >= 0.3 is 0 Å². The number of halogens is 1. The summed E-state index contributed by atoms with van der Waals surface area (Å²) in [6, 6.07) is 9.57. The van der Waals surface area contributed by atoms with Gasteiger partial charge in [-0.05, 0) is 29.9 Å². The molecule has 7 heteroatoms. The summed E-state index contributed by atoms with van der Waals surface area (Å²) in [5, 5.41) is 11.7. The van der Waals surface area contributed by atoms with Crippen molar-refractivity contribution in [1.29, 1.82) is 0 Å². The number of nitrogens with one attached hydrogen (secondary N) is 2. The van der Waals surface area contributed by atoms with Crippen LogP contribution in [-0.4, -0.2) is 35.2 Å². The van der Waals surface area contributed by atoms with Crippen molar-refractivity contribution in [3.05, 3.63) is 47.1 Å². The maximum Gasteiger partial charge on any atom is 0.172 e. The molecule has 2 N–H and O–H groups in total. The average molecular weight is 325 g/mol. The quantitative estimate of drug-likeness (QED) is 0.631. The van der Waals surface area contributed by atoms with Crippen LogP contribution in [0.25, 0.3) is 0 Å². The molecule has 0 saturated heterocycles. The molecule has 0 bridgehead atoms. The van der Waals surface area contributed by atoms with E-state index in [4.69, 9.17) is 28.6 Å². The minimum Gasteiger partial charge on any atom is -0.383 e. The fourth-order valence-electron chi connectivity index (χ4n) is 1.72. The van der Waals surface area contributed by atoms with Crippen LogP contribution in [0.2, 0.25) is 5.02 Å². The van der Waals surface area contributed by atoms with Crippen LogP contribution in [0.1, 0.15) is 5.56 Å². The van der Waals surface area contributed by atoms with Gasteiger partial charge in [-0.15, -0.1) is 0 Å². The molecule has 2 rings (SSSR count). The Balaban J connectivity index is 1.86. The third kappa shape index (κ3) is 5.34. The standard InChI is InChI=1S/C14H17ClN4OS/c1-20-9-7-16-14(21)17-13-6-8-19(18-13)10-11-2-4-12(15)5-3-11/h2-6,8H,7,9-10H2,1H3,(H2,16,17,18,21). The van der Waals surface area contributed by atoms with Crippen LogP contribution in [0.15, 0.2) is 36.5 Å². The van der Waals surface area contributed by atoms with Crippen molar-refractivity contribution in [2.75, 3.05) is 25.6 Å². The Morgan fingerprint density at radius 1 is 1.33 bits per heavy atom. The van der Waals surface area contributed by atoms with Crippen molar-refractivity contribution in [3.8, 4) is 0 Å². The molecular formula is C14H17ClN4OS. The summed E-state index contributed by atoms with van der Waals surface area (Å²) in [4.78, 5) is 0. The molecule has 0 aliphatic carbocycles. The maximum absolute atomic E-state index is 5.87. The summed E-state index contributed by atoms with van der Waals surface area (Å²) in [5.41, 5.74) is 1.13. The highest BCUT2D eigenvalue weighted by molar-refractivity contribution is 7.80. The zero-order chi connectivity index (χ0) is 15.1. The van der Waals surface area contributed by atoms with Crippen LogP contribution < -0.4 is 10.6 Å². The van der Waals surface area contributed by atoms with E-state index in [2.05, 4.69) is 15.7 Å². The normalized spacial score (nSPS) is 10.4. The third-order valence-corrected chi connectivity index (χ3v) is 3.23. The molecule has 1 aromatic carbocycles. The summed E-state index contributed by atoms with van der Waals surface area (Å²) >= 11 is 11.0. The van der Waals surface area contributed by atoms with Crippen LogP contribution in [0, 0.1) is 0 Å². The number of hydrogen-bond donors (Lipinski definition) is 2. The van der Waals surface area contributed by atoms with Crippen molar-refractivity contribution in [3.63, 3.8) is 0 Å². The van der Waals surface area contributed by atoms with Gasteiger partial charge in [0.1, 0.15) is 0 Å². The summed E-state index contributed by atoms with van der Waals surface area (Å²) < 4.78 is 6.78. The first-order valence-electron chi connectivity index (χ1n) is 6.49. The second-order valence-corrected chi connectivity index (χ2v) is 5.24. The predicted molar refractivity (Wildman–Crippen MR) is 88.9 cm³/mol. The number of benzene rings is 1. The molecule has 0 amide bonds. The minimum absolute atomic E-state index is 0.531. The van der Waals surface area contributed by atoms with Gasteiger partial charge in [-0.2, -0.15) is 5.10 Å². The highest BCUT2D eigenvalue weighted by atomic mass is 35.5. The number of aromatic nitrogens is 2. The molecule has 1 aromatic heterocycles. The van der Waals surface area contributed by atoms with E-state index in [-0.39, 0.29) is 0 Å². The first-order valence-corrected chi connectivity index (χ1v) is 7.27. The minimum atomic E-state index is 0.531. The second-order valence-electron chi connectivity index (χ2n) is 4.40. The van der Waals surface area contributed by atoms with Gasteiger partial charge in [-0.1, -0.05) is 23.7 Å². The van der Waals surface area contributed by atoms with Crippen molar-refractivity contribution in [2.45, 2.75) is 6.54 Å². The second kappa shape index (κ2) is 7.97. The first-order chi connectivity index (χ1) is 10.2. The molecule has 0 atom stereocenters. The van der Waals surface area contributed by atoms with Crippen molar-refractivity contribution < 1.29 is 4.74 Å². The number of nitrogens with zero attached hydrogens (tertiary/aromatic N) is 2. The molecular weight excluding hydrogens is 308 g/mol. The van der Waals surface area contributed by atoms with E-state index in [9.17, 15) is 0 Å². The Morgan fingerprint density at radius 3 is 2.81 bits per heavy atom. The molecule has 0 saturated carbocycles. The SMILES string of the molecule is COCCNC(=S)Nc1ccn(Cc2ccc(Cl)cc2)n1. The molecule has 112 valence electrons. The van der Waals surface area contributed by atoms with Gasteiger partial charge in [0.15, 0.2) is 10.9 Å². The average Bonchev–Trinajstić information content (AvgIpc) is 2.89. The molecule has 5 nitrogen and oxygen atoms in total. The highest BCUT2D eigenvalue weighted by Crippen LogP contribution is 2.11. The lowest BCUT2D eigenvalue weighted by atomic mass is 10.2. The van der Waals surface area contributed by atoms with E-state index in [1.165, 1.54) is 0 Å². The van der Waals surface area contributed by atoms with Crippen LogP contribution >= 0.6 is 23.8 Å². The van der Waals surface area contributed by atoms with Gasteiger partial charge in [-0.25, -0.2) is 0 Å². The molecule has 2 aromatic rings. The van der Waals surface area contributed by atoms with Crippen LogP contribution in [0.3, 0.4) is 0 Å². The summed E-state index contributed by atoms with van der Waals surface area (Å²) in [6.07, 6.45) is 1.90.